The number of fused-ring (bicyclic) bond motifs is 1. The van der Waals surface area contributed by atoms with Crippen LogP contribution in [-0.2, 0) is 22.7 Å². The van der Waals surface area contributed by atoms with Crippen molar-refractivity contribution in [3.8, 4) is 0 Å². The SMILES string of the molecule is OCC(O)C1OCc2ccccc2CO1. The average molecular weight is 210 g/mol. The Morgan fingerprint density at radius 3 is 2.20 bits per heavy atom. The summed E-state index contributed by atoms with van der Waals surface area (Å²) in [5.74, 6) is 0. The molecule has 0 radical (unpaired) electrons. The van der Waals surface area contributed by atoms with Gasteiger partial charge in [0.05, 0.1) is 19.8 Å². The first-order valence-electron chi connectivity index (χ1n) is 4.90. The molecule has 4 heteroatoms. The van der Waals surface area contributed by atoms with E-state index in [1.54, 1.807) is 0 Å². The van der Waals surface area contributed by atoms with Gasteiger partial charge >= 0.3 is 0 Å². The fraction of sp³-hybridized carbons (Fsp3) is 0.455. The number of hydrogen-bond donors (Lipinski definition) is 2. The maximum Gasteiger partial charge on any atom is 0.186 e. The first-order valence-corrected chi connectivity index (χ1v) is 4.90. The second kappa shape index (κ2) is 4.72. The summed E-state index contributed by atoms with van der Waals surface area (Å²) in [6.07, 6.45) is -1.73. The molecule has 82 valence electrons. The Morgan fingerprint density at radius 2 is 1.73 bits per heavy atom. The summed E-state index contributed by atoms with van der Waals surface area (Å²) in [5.41, 5.74) is 2.12. The van der Waals surface area contributed by atoms with Crippen molar-refractivity contribution in [2.45, 2.75) is 25.6 Å². The summed E-state index contributed by atoms with van der Waals surface area (Å²) in [6.45, 7) is 0.441. The van der Waals surface area contributed by atoms with E-state index in [1.807, 2.05) is 24.3 Å². The highest BCUT2D eigenvalue weighted by atomic mass is 16.7. The molecule has 4 nitrogen and oxygen atoms in total. The van der Waals surface area contributed by atoms with E-state index in [0.717, 1.165) is 11.1 Å². The predicted molar refractivity (Wildman–Crippen MR) is 52.9 cm³/mol. The lowest BCUT2D eigenvalue weighted by atomic mass is 10.1. The highest BCUT2D eigenvalue weighted by molar-refractivity contribution is 5.26. The third kappa shape index (κ3) is 2.35. The van der Waals surface area contributed by atoms with Gasteiger partial charge in [-0.3, -0.25) is 0 Å². The normalized spacial score (nSPS) is 19.3. The van der Waals surface area contributed by atoms with Gasteiger partial charge in [-0.05, 0) is 11.1 Å². The molecule has 2 N–H and O–H groups in total. The monoisotopic (exact) mass is 210 g/mol. The maximum absolute atomic E-state index is 9.39. The van der Waals surface area contributed by atoms with Gasteiger partial charge in [0.15, 0.2) is 6.29 Å². The van der Waals surface area contributed by atoms with Crippen LogP contribution in [0.1, 0.15) is 11.1 Å². The van der Waals surface area contributed by atoms with Crippen LogP contribution < -0.4 is 0 Å². The van der Waals surface area contributed by atoms with Crippen LogP contribution in [0.5, 0.6) is 0 Å². The lowest BCUT2D eigenvalue weighted by molar-refractivity contribution is -0.206. The van der Waals surface area contributed by atoms with Crippen molar-refractivity contribution in [3.63, 3.8) is 0 Å². The van der Waals surface area contributed by atoms with Crippen molar-refractivity contribution in [1.82, 2.24) is 0 Å². The Balaban J connectivity index is 2.08. The molecular formula is C11H14O4. The third-order valence-corrected chi connectivity index (χ3v) is 2.43. The molecule has 0 spiro atoms. The van der Waals surface area contributed by atoms with Crippen molar-refractivity contribution in [2.75, 3.05) is 6.61 Å². The molecule has 0 aliphatic carbocycles. The molecule has 1 aliphatic heterocycles. The smallest absolute Gasteiger partial charge is 0.186 e. The average Bonchev–Trinajstić information content (AvgIpc) is 2.50. The van der Waals surface area contributed by atoms with Crippen LogP contribution in [0.4, 0.5) is 0 Å². The second-order valence-electron chi connectivity index (χ2n) is 3.51. The molecule has 1 atom stereocenters. The predicted octanol–water partition coefficient (Wildman–Crippen LogP) is 0.413. The van der Waals surface area contributed by atoms with Gasteiger partial charge in [-0.15, -0.1) is 0 Å². The molecule has 15 heavy (non-hydrogen) atoms. The highest BCUT2D eigenvalue weighted by Crippen LogP contribution is 2.19. The van der Waals surface area contributed by atoms with Gasteiger partial charge in [0.2, 0.25) is 0 Å². The third-order valence-electron chi connectivity index (χ3n) is 2.43. The van der Waals surface area contributed by atoms with E-state index in [-0.39, 0.29) is 6.61 Å². The van der Waals surface area contributed by atoms with Gasteiger partial charge in [0, 0.05) is 0 Å². The summed E-state index contributed by atoms with van der Waals surface area (Å²) in [5, 5.41) is 18.2. The molecule has 0 saturated heterocycles. The summed E-state index contributed by atoms with van der Waals surface area (Å²) >= 11 is 0. The fourth-order valence-electron chi connectivity index (χ4n) is 1.54. The van der Waals surface area contributed by atoms with Crippen LogP contribution in [0.2, 0.25) is 0 Å². The summed E-state index contributed by atoms with van der Waals surface area (Å²) < 4.78 is 10.7. The molecule has 0 fully saturated rings. The number of benzene rings is 1. The Morgan fingerprint density at radius 1 is 1.20 bits per heavy atom. The minimum Gasteiger partial charge on any atom is -0.393 e. The quantitative estimate of drug-likeness (QED) is 0.742. The molecule has 1 aromatic carbocycles. The van der Waals surface area contributed by atoms with Crippen LogP contribution >= 0.6 is 0 Å². The molecule has 0 aromatic heterocycles. The summed E-state index contributed by atoms with van der Waals surface area (Å²) in [6, 6.07) is 7.80. The Kier molecular flexibility index (Phi) is 3.33. The van der Waals surface area contributed by atoms with Crippen LogP contribution in [0.15, 0.2) is 24.3 Å². The standard InChI is InChI=1S/C11H14O4/c12-5-10(13)11-14-6-8-3-1-2-4-9(8)7-15-11/h1-4,10-13H,5-7H2. The zero-order valence-electron chi connectivity index (χ0n) is 8.30. The van der Waals surface area contributed by atoms with Gasteiger partial charge in [-0.1, -0.05) is 24.3 Å². The maximum atomic E-state index is 9.39. The van der Waals surface area contributed by atoms with E-state index in [1.165, 1.54) is 0 Å². The largest absolute Gasteiger partial charge is 0.393 e. The fourth-order valence-corrected chi connectivity index (χ4v) is 1.54. The second-order valence-corrected chi connectivity index (χ2v) is 3.51. The number of rotatable bonds is 2. The first kappa shape index (κ1) is 10.6. The number of aliphatic hydroxyl groups excluding tert-OH is 2. The van der Waals surface area contributed by atoms with Gasteiger partial charge in [-0.2, -0.15) is 0 Å². The zero-order valence-corrected chi connectivity index (χ0v) is 8.30. The Labute approximate surface area is 88.1 Å². The van der Waals surface area contributed by atoms with Gasteiger partial charge in [0.1, 0.15) is 6.10 Å². The lowest BCUT2D eigenvalue weighted by Crippen LogP contribution is -2.33. The minimum atomic E-state index is -0.987. The van der Waals surface area contributed by atoms with Gasteiger partial charge in [0.25, 0.3) is 0 Å². The summed E-state index contributed by atoms with van der Waals surface area (Å²) in [4.78, 5) is 0. The molecule has 1 aliphatic rings. The molecule has 0 bridgehead atoms. The van der Waals surface area contributed by atoms with Crippen molar-refractivity contribution in [3.05, 3.63) is 35.4 Å². The Hall–Kier alpha value is -0.940. The summed E-state index contributed by atoms with van der Waals surface area (Å²) in [7, 11) is 0. The van der Waals surface area contributed by atoms with Crippen LogP contribution in [0, 0.1) is 0 Å². The first-order chi connectivity index (χ1) is 7.31. The molecule has 1 aromatic rings. The van der Waals surface area contributed by atoms with E-state index in [2.05, 4.69) is 0 Å². The van der Waals surface area contributed by atoms with Crippen molar-refractivity contribution >= 4 is 0 Å². The number of hydrogen-bond acceptors (Lipinski definition) is 4. The van der Waals surface area contributed by atoms with Gasteiger partial charge < -0.3 is 19.7 Å². The molecule has 1 unspecified atom stereocenters. The van der Waals surface area contributed by atoms with Gasteiger partial charge in [-0.25, -0.2) is 0 Å². The lowest BCUT2D eigenvalue weighted by Gasteiger charge is -2.19. The van der Waals surface area contributed by atoms with E-state index in [4.69, 9.17) is 14.6 Å². The molecule has 0 saturated carbocycles. The van der Waals surface area contributed by atoms with E-state index >= 15 is 0 Å². The molecule has 1 heterocycles. The van der Waals surface area contributed by atoms with Crippen LogP contribution in [0.3, 0.4) is 0 Å². The molecule has 0 amide bonds. The Bertz CT molecular complexity index is 299. The van der Waals surface area contributed by atoms with Crippen molar-refractivity contribution in [2.24, 2.45) is 0 Å². The molecular weight excluding hydrogens is 196 g/mol. The van der Waals surface area contributed by atoms with Crippen molar-refractivity contribution < 1.29 is 19.7 Å². The van der Waals surface area contributed by atoms with E-state index in [0.29, 0.717) is 13.2 Å². The van der Waals surface area contributed by atoms with Crippen LogP contribution in [-0.4, -0.2) is 29.2 Å². The van der Waals surface area contributed by atoms with E-state index in [9.17, 15) is 5.11 Å². The molecule has 2 rings (SSSR count). The van der Waals surface area contributed by atoms with Crippen LogP contribution in [0.25, 0.3) is 0 Å². The topological polar surface area (TPSA) is 58.9 Å². The minimum absolute atomic E-state index is 0.360. The zero-order chi connectivity index (χ0) is 10.7. The highest BCUT2D eigenvalue weighted by Gasteiger charge is 2.23. The number of ether oxygens (including phenoxy) is 2. The van der Waals surface area contributed by atoms with E-state index < -0.39 is 12.4 Å². The van der Waals surface area contributed by atoms with Crippen molar-refractivity contribution in [1.29, 1.82) is 0 Å². The number of aliphatic hydroxyl groups is 2.